The van der Waals surface area contributed by atoms with Crippen LogP contribution < -0.4 is 5.32 Å². The summed E-state index contributed by atoms with van der Waals surface area (Å²) in [5, 5.41) is 2.67. The fourth-order valence-corrected chi connectivity index (χ4v) is 1.84. The van der Waals surface area contributed by atoms with Crippen LogP contribution in [0.15, 0.2) is 0 Å². The molecule has 0 aromatic rings. The molecule has 18 heavy (non-hydrogen) atoms. The van der Waals surface area contributed by atoms with Gasteiger partial charge in [0.1, 0.15) is 11.6 Å². The minimum absolute atomic E-state index is 0.333. The lowest BCUT2D eigenvalue weighted by Gasteiger charge is -2.25. The zero-order valence-electron chi connectivity index (χ0n) is 11.7. The van der Waals surface area contributed by atoms with Crippen LogP contribution in [0.4, 0.5) is 4.79 Å². The number of hydrogen-bond donors (Lipinski definition) is 1. The van der Waals surface area contributed by atoms with Gasteiger partial charge in [-0.2, -0.15) is 0 Å². The van der Waals surface area contributed by atoms with Crippen molar-refractivity contribution in [2.24, 2.45) is 0 Å². The number of nitrogens with one attached hydrogen (secondary N) is 1. The fraction of sp³-hybridized carbons (Fsp3) is 0.750. The third-order valence-corrected chi connectivity index (χ3v) is 3.00. The predicted molar refractivity (Wildman–Crippen MR) is 65.0 cm³/mol. The molecule has 0 spiro atoms. The van der Waals surface area contributed by atoms with Crippen molar-refractivity contribution in [3.8, 4) is 0 Å². The molecule has 2 atom stereocenters. The first-order valence-corrected chi connectivity index (χ1v) is 5.84. The predicted octanol–water partition coefficient (Wildman–Crippen LogP) is 0.699. The number of nitrogens with zero attached hydrogens (tertiary/aromatic N) is 1. The van der Waals surface area contributed by atoms with E-state index in [-0.39, 0.29) is 5.78 Å². The Morgan fingerprint density at radius 1 is 1.39 bits per heavy atom. The van der Waals surface area contributed by atoms with Gasteiger partial charge in [0, 0.05) is 0 Å². The molecule has 1 rings (SSSR count). The summed E-state index contributed by atoms with van der Waals surface area (Å²) in [7, 11) is 1.51. The highest BCUT2D eigenvalue weighted by molar-refractivity contribution is 6.22. The molecule has 0 radical (unpaired) electrons. The minimum Gasteiger partial charge on any atom is -0.443 e. The van der Waals surface area contributed by atoms with E-state index in [0.717, 1.165) is 4.90 Å². The first kappa shape index (κ1) is 14.6. The van der Waals surface area contributed by atoms with Crippen molar-refractivity contribution in [2.75, 3.05) is 7.05 Å². The number of ether oxygens (including phenoxy) is 1. The molecule has 0 saturated carbocycles. The summed E-state index contributed by atoms with van der Waals surface area (Å²) in [6.45, 7) is 8.10. The van der Waals surface area contributed by atoms with Gasteiger partial charge in [-0.05, 0) is 41.7 Å². The Hall–Kier alpha value is -1.43. The molecule has 0 aliphatic carbocycles. The Morgan fingerprint density at radius 3 is 2.22 bits per heavy atom. The van der Waals surface area contributed by atoms with Crippen molar-refractivity contribution >= 4 is 17.8 Å². The van der Waals surface area contributed by atoms with Gasteiger partial charge < -0.3 is 10.1 Å². The van der Waals surface area contributed by atoms with Gasteiger partial charge in [-0.3, -0.25) is 9.59 Å². The van der Waals surface area contributed by atoms with E-state index < -0.39 is 29.2 Å². The number of amides is 2. The van der Waals surface area contributed by atoms with Gasteiger partial charge in [0.05, 0.1) is 0 Å². The maximum Gasteiger partial charge on any atom is 0.417 e. The van der Waals surface area contributed by atoms with Crippen LogP contribution in [0.5, 0.6) is 0 Å². The summed E-state index contributed by atoms with van der Waals surface area (Å²) in [6.07, 6.45) is -0.785. The van der Waals surface area contributed by atoms with Crippen LogP contribution in [-0.2, 0) is 14.3 Å². The second-order valence-electron chi connectivity index (χ2n) is 5.57. The van der Waals surface area contributed by atoms with E-state index in [0.29, 0.717) is 0 Å². The third-order valence-electron chi connectivity index (χ3n) is 3.00. The van der Waals surface area contributed by atoms with E-state index in [1.54, 1.807) is 20.8 Å². The maximum atomic E-state index is 12.1. The molecule has 1 N–H and O–H groups in total. The van der Waals surface area contributed by atoms with Crippen LogP contribution in [0.25, 0.3) is 0 Å². The van der Waals surface area contributed by atoms with Crippen LogP contribution in [0.1, 0.15) is 34.6 Å². The first-order valence-electron chi connectivity index (χ1n) is 5.84. The molecule has 2 amide bonds. The van der Waals surface area contributed by atoms with Gasteiger partial charge in [-0.25, -0.2) is 9.69 Å². The van der Waals surface area contributed by atoms with Crippen molar-refractivity contribution in [3.63, 3.8) is 0 Å². The molecule has 6 nitrogen and oxygen atoms in total. The number of ketones is 1. The number of Topliss-reactive ketones (excluding diaryl/α,β-unsaturated/α-hetero) is 1. The Morgan fingerprint density at radius 2 is 1.89 bits per heavy atom. The minimum atomic E-state index is -1.35. The summed E-state index contributed by atoms with van der Waals surface area (Å²) in [4.78, 5) is 37.0. The summed E-state index contributed by atoms with van der Waals surface area (Å²) < 4.78 is 5.13. The largest absolute Gasteiger partial charge is 0.443 e. The molecule has 1 saturated heterocycles. The normalized spacial score (nSPS) is 28.8. The third kappa shape index (κ3) is 2.25. The number of likely N-dealkylation sites (tertiary alicyclic amines) is 1. The van der Waals surface area contributed by atoms with E-state index in [9.17, 15) is 14.4 Å². The lowest BCUT2D eigenvalue weighted by Crippen LogP contribution is -2.52. The van der Waals surface area contributed by atoms with Crippen molar-refractivity contribution in [2.45, 2.75) is 51.8 Å². The number of carbonyl (C=O) groups is 3. The number of hydrogen-bond acceptors (Lipinski definition) is 5. The lowest BCUT2D eigenvalue weighted by atomic mass is 9.97. The molecule has 102 valence electrons. The molecule has 6 heteroatoms. The number of imide groups is 1. The van der Waals surface area contributed by atoms with Crippen molar-refractivity contribution in [1.82, 2.24) is 10.2 Å². The van der Waals surface area contributed by atoms with E-state index in [2.05, 4.69) is 5.32 Å². The molecule has 0 bridgehead atoms. The van der Waals surface area contributed by atoms with Crippen LogP contribution in [0.2, 0.25) is 0 Å². The first-order chi connectivity index (χ1) is 8.04. The lowest BCUT2D eigenvalue weighted by molar-refractivity contribution is -0.133. The monoisotopic (exact) mass is 256 g/mol. The van der Waals surface area contributed by atoms with E-state index >= 15 is 0 Å². The Bertz CT molecular complexity index is 399. The van der Waals surface area contributed by atoms with Crippen LogP contribution in [0.3, 0.4) is 0 Å². The zero-order valence-corrected chi connectivity index (χ0v) is 11.7. The van der Waals surface area contributed by atoms with Gasteiger partial charge in [-0.1, -0.05) is 0 Å². The smallest absolute Gasteiger partial charge is 0.417 e. The van der Waals surface area contributed by atoms with E-state index in [1.807, 2.05) is 0 Å². The highest BCUT2D eigenvalue weighted by Gasteiger charge is 2.56. The molecular weight excluding hydrogens is 236 g/mol. The Labute approximate surface area is 107 Å². The van der Waals surface area contributed by atoms with Gasteiger partial charge in [0.2, 0.25) is 0 Å². The van der Waals surface area contributed by atoms with Crippen molar-refractivity contribution in [1.29, 1.82) is 0 Å². The second-order valence-corrected chi connectivity index (χ2v) is 5.57. The van der Waals surface area contributed by atoms with E-state index in [4.69, 9.17) is 4.74 Å². The topological polar surface area (TPSA) is 75.7 Å². The van der Waals surface area contributed by atoms with Crippen LogP contribution in [-0.4, -0.2) is 46.9 Å². The summed E-state index contributed by atoms with van der Waals surface area (Å²) >= 11 is 0. The molecule has 0 aromatic carbocycles. The number of carbonyl (C=O) groups excluding carboxylic acids is 3. The average molecular weight is 256 g/mol. The highest BCUT2D eigenvalue weighted by Crippen LogP contribution is 2.26. The summed E-state index contributed by atoms with van der Waals surface area (Å²) in [5.74, 6) is -0.905. The van der Waals surface area contributed by atoms with Crippen molar-refractivity contribution < 1.29 is 19.1 Å². The van der Waals surface area contributed by atoms with Crippen LogP contribution >= 0.6 is 0 Å². The van der Waals surface area contributed by atoms with Crippen molar-refractivity contribution in [3.05, 3.63) is 0 Å². The molecular formula is C12H20N2O4. The SMILES string of the molecule is CN[C@@]1(C)C(=O)[C@H](C)N(C(=O)OC(C)(C)C)C1=O. The van der Waals surface area contributed by atoms with Gasteiger partial charge in [0.15, 0.2) is 11.3 Å². The summed E-state index contributed by atoms with van der Waals surface area (Å²) in [6, 6.07) is -0.815. The second kappa shape index (κ2) is 4.35. The molecule has 1 heterocycles. The Balaban J connectivity index is 3.02. The molecule has 0 unspecified atom stereocenters. The van der Waals surface area contributed by atoms with E-state index in [1.165, 1.54) is 20.9 Å². The molecule has 1 fully saturated rings. The number of rotatable bonds is 1. The van der Waals surface area contributed by atoms with Gasteiger partial charge in [-0.15, -0.1) is 0 Å². The van der Waals surface area contributed by atoms with Gasteiger partial charge >= 0.3 is 6.09 Å². The standard InChI is InChI=1S/C12H20N2O4/c1-7-8(15)12(5,13-6)9(16)14(7)10(17)18-11(2,3)4/h7,13H,1-6H3/t7-,12-/m0/s1. The highest BCUT2D eigenvalue weighted by atomic mass is 16.6. The number of likely N-dealkylation sites (N-methyl/N-ethyl adjacent to an activating group) is 1. The molecule has 1 aliphatic heterocycles. The molecule has 1 aliphatic rings. The average Bonchev–Trinajstić information content (AvgIpc) is 2.39. The molecule has 0 aromatic heterocycles. The zero-order chi connectivity index (χ0) is 14.3. The maximum absolute atomic E-state index is 12.1. The fourth-order valence-electron chi connectivity index (χ4n) is 1.84. The van der Waals surface area contributed by atoms with Crippen LogP contribution in [0, 0.1) is 0 Å². The Kier molecular flexibility index (Phi) is 3.53. The summed E-state index contributed by atoms with van der Waals surface area (Å²) in [5.41, 5.74) is -2.06. The van der Waals surface area contributed by atoms with Gasteiger partial charge in [0.25, 0.3) is 5.91 Å². The quantitative estimate of drug-likeness (QED) is 0.699.